The maximum atomic E-state index is 12.1. The molecular formula is C21H23N3O4. The van der Waals surface area contributed by atoms with E-state index >= 15 is 0 Å². The predicted molar refractivity (Wildman–Crippen MR) is 108 cm³/mol. The molecule has 2 N–H and O–H groups in total. The first-order valence-electron chi connectivity index (χ1n) is 9.14. The number of para-hydroxylation sites is 1. The topological polar surface area (TPSA) is 93.2 Å². The van der Waals surface area contributed by atoms with Gasteiger partial charge in [0.1, 0.15) is 12.4 Å². The summed E-state index contributed by atoms with van der Waals surface area (Å²) in [4.78, 5) is 38.3. The first-order valence-corrected chi connectivity index (χ1v) is 9.14. The molecule has 1 amide bonds. The number of carbonyl (C=O) groups is 1. The van der Waals surface area contributed by atoms with Crippen molar-refractivity contribution in [2.75, 3.05) is 13.2 Å². The fourth-order valence-electron chi connectivity index (χ4n) is 3.08. The van der Waals surface area contributed by atoms with Crippen LogP contribution in [0.2, 0.25) is 0 Å². The molecule has 0 aliphatic rings. The van der Waals surface area contributed by atoms with Gasteiger partial charge in [0.05, 0.1) is 17.4 Å². The number of hydrogen-bond acceptors (Lipinski definition) is 4. The van der Waals surface area contributed by atoms with Crippen LogP contribution in [0, 0.1) is 13.8 Å². The zero-order valence-electron chi connectivity index (χ0n) is 16.0. The Bertz CT molecular complexity index is 1110. The van der Waals surface area contributed by atoms with Crippen LogP contribution in [0.4, 0.5) is 0 Å². The molecule has 0 saturated carbocycles. The SMILES string of the molecule is Cc1ccc(OCCNC(=O)CCn2c(=O)[nH]c(=O)c3ccccc32)c(C)c1. The Kier molecular flexibility index (Phi) is 5.93. The van der Waals surface area contributed by atoms with Crippen LogP contribution in [0.15, 0.2) is 52.1 Å². The Labute approximate surface area is 162 Å². The van der Waals surface area contributed by atoms with Crippen LogP contribution in [0.3, 0.4) is 0 Å². The highest BCUT2D eigenvalue weighted by molar-refractivity contribution is 5.78. The molecule has 0 unspecified atom stereocenters. The average molecular weight is 381 g/mol. The molecule has 0 radical (unpaired) electrons. The minimum atomic E-state index is -0.519. The lowest BCUT2D eigenvalue weighted by Gasteiger charge is -2.11. The van der Waals surface area contributed by atoms with Crippen LogP contribution < -0.4 is 21.3 Å². The van der Waals surface area contributed by atoms with Crippen molar-refractivity contribution < 1.29 is 9.53 Å². The van der Waals surface area contributed by atoms with Gasteiger partial charge in [0.25, 0.3) is 5.56 Å². The van der Waals surface area contributed by atoms with Gasteiger partial charge in [0.15, 0.2) is 0 Å². The predicted octanol–water partition coefficient (Wildman–Crippen LogP) is 1.89. The number of ether oxygens (including phenoxy) is 1. The highest BCUT2D eigenvalue weighted by atomic mass is 16.5. The second-order valence-corrected chi connectivity index (χ2v) is 6.65. The van der Waals surface area contributed by atoms with Crippen LogP contribution in [0.5, 0.6) is 5.75 Å². The lowest BCUT2D eigenvalue weighted by Crippen LogP contribution is -2.33. The summed E-state index contributed by atoms with van der Waals surface area (Å²) in [6.45, 7) is 4.91. The molecule has 1 aromatic heterocycles. The first kappa shape index (κ1) is 19.4. The standard InChI is InChI=1S/C21H23N3O4/c1-14-7-8-18(15(2)13-14)28-12-10-22-19(25)9-11-24-17-6-4-3-5-16(17)20(26)23-21(24)27/h3-8,13H,9-12H2,1-2H3,(H,22,25)(H,23,26,27). The van der Waals surface area contributed by atoms with Gasteiger partial charge in [-0.1, -0.05) is 29.8 Å². The molecule has 0 aliphatic heterocycles. The van der Waals surface area contributed by atoms with E-state index in [9.17, 15) is 14.4 Å². The fourth-order valence-corrected chi connectivity index (χ4v) is 3.08. The molecule has 3 aromatic rings. The Hall–Kier alpha value is -3.35. The molecule has 146 valence electrons. The maximum Gasteiger partial charge on any atom is 0.328 e. The quantitative estimate of drug-likeness (QED) is 0.611. The number of rotatable bonds is 7. The number of fused-ring (bicyclic) bond motifs is 1. The lowest BCUT2D eigenvalue weighted by molar-refractivity contribution is -0.121. The third-order valence-electron chi connectivity index (χ3n) is 4.48. The summed E-state index contributed by atoms with van der Waals surface area (Å²) < 4.78 is 7.09. The largest absolute Gasteiger partial charge is 0.491 e. The summed E-state index contributed by atoms with van der Waals surface area (Å²) in [6, 6.07) is 12.8. The molecule has 0 atom stereocenters. The van der Waals surface area contributed by atoms with Crippen LogP contribution in [0.25, 0.3) is 10.9 Å². The molecule has 28 heavy (non-hydrogen) atoms. The summed E-state index contributed by atoms with van der Waals surface area (Å²) >= 11 is 0. The van der Waals surface area contributed by atoms with E-state index in [0.29, 0.717) is 24.1 Å². The highest BCUT2D eigenvalue weighted by Gasteiger charge is 2.09. The zero-order valence-corrected chi connectivity index (χ0v) is 16.0. The van der Waals surface area contributed by atoms with Gasteiger partial charge >= 0.3 is 5.69 Å². The van der Waals surface area contributed by atoms with Gasteiger partial charge in [-0.25, -0.2) is 4.79 Å². The number of benzene rings is 2. The summed E-state index contributed by atoms with van der Waals surface area (Å²) in [6.07, 6.45) is 0.125. The van der Waals surface area contributed by atoms with Crippen molar-refractivity contribution in [3.63, 3.8) is 0 Å². The van der Waals surface area contributed by atoms with Crippen molar-refractivity contribution in [1.29, 1.82) is 0 Å². The molecule has 0 fully saturated rings. The van der Waals surface area contributed by atoms with Crippen LogP contribution in [0.1, 0.15) is 17.5 Å². The fraction of sp³-hybridized carbons (Fsp3) is 0.286. The normalized spacial score (nSPS) is 10.8. The Balaban J connectivity index is 1.53. The number of nitrogens with zero attached hydrogens (tertiary/aromatic N) is 1. The minimum absolute atomic E-state index is 0.125. The molecule has 0 aliphatic carbocycles. The van der Waals surface area contributed by atoms with Gasteiger partial charge in [-0.15, -0.1) is 0 Å². The van der Waals surface area contributed by atoms with E-state index in [1.807, 2.05) is 32.0 Å². The van der Waals surface area contributed by atoms with Gasteiger partial charge in [-0.2, -0.15) is 0 Å². The van der Waals surface area contributed by atoms with Crippen molar-refractivity contribution in [2.24, 2.45) is 0 Å². The van der Waals surface area contributed by atoms with E-state index in [1.165, 1.54) is 10.1 Å². The molecule has 7 nitrogen and oxygen atoms in total. The second kappa shape index (κ2) is 8.56. The lowest BCUT2D eigenvalue weighted by atomic mass is 10.1. The van der Waals surface area contributed by atoms with Crippen molar-refractivity contribution in [3.8, 4) is 5.75 Å². The van der Waals surface area contributed by atoms with Crippen molar-refractivity contribution in [1.82, 2.24) is 14.9 Å². The van der Waals surface area contributed by atoms with Gasteiger partial charge in [-0.3, -0.25) is 19.1 Å². The number of hydrogen-bond donors (Lipinski definition) is 2. The zero-order chi connectivity index (χ0) is 20.1. The summed E-state index contributed by atoms with van der Waals surface area (Å²) in [7, 11) is 0. The van der Waals surface area contributed by atoms with Gasteiger partial charge in [-0.05, 0) is 37.6 Å². The van der Waals surface area contributed by atoms with Crippen molar-refractivity contribution in [2.45, 2.75) is 26.8 Å². The van der Waals surface area contributed by atoms with Crippen LogP contribution in [-0.2, 0) is 11.3 Å². The van der Waals surface area contributed by atoms with Crippen molar-refractivity contribution >= 4 is 16.8 Å². The van der Waals surface area contributed by atoms with E-state index in [2.05, 4.69) is 10.3 Å². The van der Waals surface area contributed by atoms with E-state index in [-0.39, 0.29) is 18.9 Å². The Morgan fingerprint density at radius 2 is 1.93 bits per heavy atom. The highest BCUT2D eigenvalue weighted by Crippen LogP contribution is 2.18. The Morgan fingerprint density at radius 1 is 1.14 bits per heavy atom. The number of amides is 1. The summed E-state index contributed by atoms with van der Waals surface area (Å²) in [5.41, 5.74) is 1.79. The van der Waals surface area contributed by atoms with Crippen LogP contribution >= 0.6 is 0 Å². The number of aromatic nitrogens is 2. The molecule has 7 heteroatoms. The number of H-pyrrole nitrogens is 1. The number of aromatic amines is 1. The summed E-state index contributed by atoms with van der Waals surface area (Å²) in [5, 5.41) is 3.20. The number of aryl methyl sites for hydroxylation is 3. The van der Waals surface area contributed by atoms with Gasteiger partial charge < -0.3 is 10.1 Å². The van der Waals surface area contributed by atoms with E-state index in [4.69, 9.17) is 4.74 Å². The van der Waals surface area contributed by atoms with Gasteiger partial charge in [0, 0.05) is 13.0 Å². The van der Waals surface area contributed by atoms with E-state index in [0.717, 1.165) is 11.3 Å². The van der Waals surface area contributed by atoms with E-state index < -0.39 is 11.2 Å². The van der Waals surface area contributed by atoms with Gasteiger partial charge in [0.2, 0.25) is 5.91 Å². The molecular weight excluding hydrogens is 358 g/mol. The first-order chi connectivity index (χ1) is 13.5. The van der Waals surface area contributed by atoms with E-state index in [1.54, 1.807) is 24.3 Å². The monoisotopic (exact) mass is 381 g/mol. The second-order valence-electron chi connectivity index (χ2n) is 6.65. The molecule has 3 rings (SSSR count). The third-order valence-corrected chi connectivity index (χ3v) is 4.48. The minimum Gasteiger partial charge on any atom is -0.491 e. The van der Waals surface area contributed by atoms with Crippen LogP contribution in [-0.4, -0.2) is 28.6 Å². The number of carbonyl (C=O) groups excluding carboxylic acids is 1. The molecule has 0 saturated heterocycles. The summed E-state index contributed by atoms with van der Waals surface area (Å²) in [5.74, 6) is 0.609. The average Bonchev–Trinajstić information content (AvgIpc) is 2.66. The van der Waals surface area contributed by atoms with Crippen molar-refractivity contribution in [3.05, 3.63) is 74.4 Å². The third kappa shape index (κ3) is 4.49. The Morgan fingerprint density at radius 3 is 2.71 bits per heavy atom. The maximum absolute atomic E-state index is 12.1. The molecule has 0 spiro atoms. The molecule has 0 bridgehead atoms. The molecule has 1 heterocycles. The number of nitrogens with one attached hydrogen (secondary N) is 2. The molecule has 2 aromatic carbocycles. The smallest absolute Gasteiger partial charge is 0.328 e.